The number of amides is 1. The molecule has 0 bridgehead atoms. The molecule has 1 amide bonds. The van der Waals surface area contributed by atoms with Crippen LogP contribution in [0.15, 0.2) is 189 Å². The van der Waals surface area contributed by atoms with Crippen LogP contribution in [-0.2, 0) is 80.5 Å². The van der Waals surface area contributed by atoms with Gasteiger partial charge in [0.1, 0.15) is 60.1 Å². The normalized spacial score (nSPS) is 12.8. The van der Waals surface area contributed by atoms with Gasteiger partial charge in [0.15, 0.2) is 34.5 Å². The Labute approximate surface area is 809 Å². The Balaban J connectivity index is 0.000000117. The first-order chi connectivity index (χ1) is 66.6. The molecule has 22 rings (SSSR count). The van der Waals surface area contributed by atoms with E-state index < -0.39 is 19.1 Å². The molecule has 0 aliphatic carbocycles. The second-order valence-corrected chi connectivity index (χ2v) is 34.0. The van der Waals surface area contributed by atoms with Crippen molar-refractivity contribution in [2.45, 2.75) is 119 Å². The minimum absolute atomic E-state index is 0.182. The number of halogens is 2. The first kappa shape index (κ1) is 93.3. The van der Waals surface area contributed by atoms with Crippen LogP contribution in [0.2, 0.25) is 0 Å². The summed E-state index contributed by atoms with van der Waals surface area (Å²) >= 11 is 4.27. The molecule has 22 heterocycles. The molecule has 0 aromatic carbocycles. The van der Waals surface area contributed by atoms with Crippen molar-refractivity contribution >= 4 is 140 Å². The zero-order valence-corrected chi connectivity index (χ0v) is 79.6. The molecule has 41 heteroatoms. The highest BCUT2D eigenvalue weighted by Gasteiger charge is 2.33. The Morgan fingerprint density at radius 2 is 0.708 bits per heavy atom. The number of carboxylic acids is 1. The van der Waals surface area contributed by atoms with E-state index in [9.17, 15) is 39.1 Å². The van der Waals surface area contributed by atoms with Gasteiger partial charge < -0.3 is 29.9 Å². The maximum Gasteiger partial charge on any atom is 0.492 e. The molecule has 0 spiro atoms. The summed E-state index contributed by atoms with van der Waals surface area (Å²) in [7, 11) is 0.111. The number of aliphatic carboxylic acids is 1. The van der Waals surface area contributed by atoms with Gasteiger partial charge in [-0.05, 0) is 272 Å². The number of hydrogen-bond acceptors (Lipinski definition) is 27. The average Bonchev–Trinajstić information content (AvgIpc) is 1.60. The first-order valence-corrected chi connectivity index (χ1v) is 46.2. The third kappa shape index (κ3) is 20.2. The third-order valence-corrected chi connectivity index (χ3v) is 24.6. The minimum atomic E-state index is -1.50. The van der Waals surface area contributed by atoms with E-state index in [0.717, 1.165) is 221 Å². The maximum atomic E-state index is 12.0. The molecule has 0 fully saturated rings. The van der Waals surface area contributed by atoms with Crippen LogP contribution >= 0.6 is 45.2 Å². The van der Waals surface area contributed by atoms with Crippen molar-refractivity contribution in [3.63, 3.8) is 0 Å². The predicted molar refractivity (Wildman–Crippen MR) is 528 cm³/mol. The van der Waals surface area contributed by atoms with E-state index in [4.69, 9.17) is 34.7 Å². The number of esters is 2. The molecule has 38 nitrogen and oxygen atoms in total. The minimum Gasteiger partial charge on any atom is -0.478 e. The number of nitrogens with zero attached hydrogens (tertiary/aromatic N) is 27. The zero-order valence-electron chi connectivity index (χ0n) is 75.3. The summed E-state index contributed by atoms with van der Waals surface area (Å²) in [6.45, 7) is 15.5. The van der Waals surface area contributed by atoms with Crippen LogP contribution in [0.3, 0.4) is 0 Å². The monoisotopic (exact) mass is 2060 g/mol. The van der Waals surface area contributed by atoms with Crippen molar-refractivity contribution < 1.29 is 48.6 Å². The van der Waals surface area contributed by atoms with Crippen LogP contribution in [0.1, 0.15) is 118 Å². The van der Waals surface area contributed by atoms with Gasteiger partial charge in [0, 0.05) is 149 Å². The van der Waals surface area contributed by atoms with Gasteiger partial charge in [-0.3, -0.25) is 48.3 Å². The molecule has 0 radical (unpaired) electrons. The lowest BCUT2D eigenvalue weighted by Gasteiger charge is -2.11. The number of hydrogen-bond donors (Lipinski definition) is 4. The number of carboxylic acid groups (broad SMARTS) is 1. The van der Waals surface area contributed by atoms with E-state index in [1.54, 1.807) is 63.3 Å². The van der Waals surface area contributed by atoms with Gasteiger partial charge in [0.25, 0.3) is 0 Å². The van der Waals surface area contributed by atoms with Crippen LogP contribution < -0.4 is 10.8 Å². The highest BCUT2D eigenvalue weighted by atomic mass is 127. The van der Waals surface area contributed by atoms with Gasteiger partial charge in [-0.25, -0.2) is 61.9 Å². The quantitative estimate of drug-likeness (QED) is 0.0192. The number of carbonyl (C=O) groups is 5. The Bertz CT molecular complexity index is 7760. The number of aromatic nitrogens is 27. The van der Waals surface area contributed by atoms with Gasteiger partial charge in [0.2, 0.25) is 5.91 Å². The van der Waals surface area contributed by atoms with Gasteiger partial charge in [0.05, 0.1) is 58.8 Å². The number of rotatable bonds is 19. The van der Waals surface area contributed by atoms with E-state index >= 15 is 0 Å². The van der Waals surface area contributed by atoms with Crippen LogP contribution in [0.5, 0.6) is 0 Å². The molecule has 18 aromatic heterocycles. The summed E-state index contributed by atoms with van der Waals surface area (Å²) in [6, 6.07) is 42.7. The summed E-state index contributed by atoms with van der Waals surface area (Å²) in [5, 5.41) is 71.1. The molecule has 137 heavy (non-hydrogen) atoms. The second kappa shape index (κ2) is 42.0. The van der Waals surface area contributed by atoms with Gasteiger partial charge in [-0.2, -0.15) is 45.9 Å². The van der Waals surface area contributed by atoms with E-state index in [1.807, 2.05) is 171 Å². The summed E-state index contributed by atoms with van der Waals surface area (Å²) in [5.41, 5.74) is 27.7. The molecule has 4 aliphatic rings. The molecule has 18 aromatic rings. The molecular formula is C96H89BI2N28O10. The number of pyridine rings is 9. The second-order valence-electron chi connectivity index (χ2n) is 31.6. The Kier molecular flexibility index (Phi) is 28.6. The van der Waals surface area contributed by atoms with E-state index in [0.29, 0.717) is 64.0 Å². The average molecular weight is 2060 g/mol. The fourth-order valence-corrected chi connectivity index (χ4v) is 17.9. The number of ether oxygens (including phenoxy) is 2. The fraction of sp³-hybridized carbons (Fsp3) is 0.219. The number of aldehydes is 1. The predicted octanol–water partition coefficient (Wildman–Crippen LogP) is 12.1. The fourth-order valence-electron chi connectivity index (χ4n) is 16.8. The van der Waals surface area contributed by atoms with Crippen molar-refractivity contribution in [2.75, 3.05) is 20.3 Å². The third-order valence-electron chi connectivity index (χ3n) is 22.7. The van der Waals surface area contributed by atoms with Crippen molar-refractivity contribution in [3.05, 3.63) is 271 Å². The number of nitrogens with one attached hydrogen (secondary N) is 1. The number of fused-ring (bicyclic) bond motifs is 9. The van der Waals surface area contributed by atoms with Crippen molar-refractivity contribution in [2.24, 2.45) is 0 Å². The molecule has 0 unspecified atom stereocenters. The molecule has 690 valence electrons. The number of likely N-dealkylation sites (N-methyl/N-ethyl adjacent to an activating group) is 1. The zero-order chi connectivity index (χ0) is 95.5. The topological polar surface area (TPSA) is 450 Å². The summed E-state index contributed by atoms with van der Waals surface area (Å²) in [5.74, 6) is -1.96. The Morgan fingerprint density at radius 1 is 0.401 bits per heavy atom. The highest BCUT2D eigenvalue weighted by molar-refractivity contribution is 14.1. The number of carbonyl (C=O) groups excluding carboxylic acids is 4. The lowest BCUT2D eigenvalue weighted by molar-refractivity contribution is -0.138. The number of aryl methyl sites for hydroxylation is 8. The Morgan fingerprint density at radius 3 is 1.05 bits per heavy atom. The van der Waals surface area contributed by atoms with Crippen LogP contribution in [0.25, 0.3) is 131 Å². The van der Waals surface area contributed by atoms with E-state index in [-0.39, 0.29) is 11.9 Å². The van der Waals surface area contributed by atoms with Crippen molar-refractivity contribution in [1.82, 2.24) is 137 Å². The SMILES string of the molecule is CCOC(=O)/C=C/c1c(-c2c(-c3cccc(C)n3)nn3c2CCC3)ccc2ncnn12.CCOC(=O)/C=C/c1c(I)ccc2ncnn12.CNC(=O)/C=C/c1c(-c2c(-c3cccc(C)n3)nn3c2CCC3)ccc2ncnn12.Cc1cccc(-c2nn3c(c2-c2ccc4ncnn4c2/C=C/C(=O)O)CCC3)n1.Cc1cccc(-c2nn3c(c2B(O)O)CCC3)n1.O=Cc1c(I)ccc2ncnn12. The maximum absolute atomic E-state index is 12.0. The smallest absolute Gasteiger partial charge is 0.478 e. The molecule has 0 saturated heterocycles. The van der Waals surface area contributed by atoms with E-state index in [2.05, 4.69) is 125 Å². The van der Waals surface area contributed by atoms with Crippen LogP contribution in [0, 0.1) is 34.8 Å². The van der Waals surface area contributed by atoms with Crippen molar-refractivity contribution in [1.29, 1.82) is 0 Å². The highest BCUT2D eigenvalue weighted by Crippen LogP contribution is 2.43. The summed E-state index contributed by atoms with van der Waals surface area (Å²) in [4.78, 5) is 96.4. The molecule has 4 N–H and O–H groups in total. The molecule has 0 atom stereocenters. The van der Waals surface area contributed by atoms with Gasteiger partial charge in [-0.1, -0.05) is 24.3 Å². The van der Waals surface area contributed by atoms with E-state index in [1.165, 1.54) is 65.8 Å². The lowest BCUT2D eigenvalue weighted by atomic mass is 9.77. The van der Waals surface area contributed by atoms with Gasteiger partial charge >= 0.3 is 25.0 Å². The standard InChI is InChI=1S/C23H22N6O2.C22H21N7O.C21H18N6O2.C12H14BN3O2.C11H10IN3O2.C7H4IN3O/c1-3-31-21(30)12-10-18-16(9-11-20-24-14-25-29(18)20)22-19-8-5-13-28(19)27-23(22)17-7-4-6-15(2)26-17;1-14-5-3-6-16(26-14)22-21(18-7-4-12-28(18)27-22)15-8-10-19-24-13-25-29(19)17(15)9-11-20(30)23-2;1-13-4-2-5-15(24-13)21-20(17-6-3-11-26(17)25-21)14-7-9-18-22-12-23-27(18)16(14)8-10-19(28)29;1-8-4-2-5-9(14-8)12-11(13(17)18)10-6-3-7-16(10)15-12;1-2-17-11(16)6-4-9-8(12)3-5-10-13-7-14-15(9)10;8-5-1-2-7-9-4-10-11(7)6(5)3-12/h4,6-7,9-12,14H,3,5,8,13H2,1-2H3;3,5-6,8-11,13H,4,7,12H2,1-2H3,(H,23,30);2,4-5,7-10,12H,3,6,11H2,1H3,(H,28,29);2,4-5,17-18H,3,6-7H2,1H3;3-7H,2H2,1H3;1-4H/b12-10+;11-9+;10-8+;;6-4+;. The Hall–Kier alpha value is -15.5. The summed E-state index contributed by atoms with van der Waals surface area (Å²) < 4.78 is 28.1. The molecule has 0 saturated carbocycles. The summed E-state index contributed by atoms with van der Waals surface area (Å²) in [6.07, 6.45) is 28.2. The van der Waals surface area contributed by atoms with Gasteiger partial charge in [-0.15, -0.1) is 0 Å². The van der Waals surface area contributed by atoms with Crippen LogP contribution in [0.4, 0.5) is 0 Å². The lowest BCUT2D eigenvalue weighted by Crippen LogP contribution is -2.33. The molecule has 4 aliphatic heterocycles. The van der Waals surface area contributed by atoms with Crippen molar-refractivity contribution in [3.8, 4) is 78.9 Å². The van der Waals surface area contributed by atoms with Crippen LogP contribution in [-0.4, -0.2) is 205 Å². The molecular weight excluding hydrogens is 1970 g/mol. The largest absolute Gasteiger partial charge is 0.492 e. The first-order valence-electron chi connectivity index (χ1n) is 44.1.